The minimum atomic E-state index is -0.967. The van der Waals surface area contributed by atoms with Crippen LogP contribution in [0.25, 0.3) is 0 Å². The molecule has 0 radical (unpaired) electrons. The highest BCUT2D eigenvalue weighted by atomic mass is 32.2. The normalized spacial score (nSPS) is 16.7. The molecule has 0 aliphatic rings. The molecule has 0 aromatic rings. The van der Waals surface area contributed by atoms with Gasteiger partial charge in [-0.2, -0.15) is 0 Å². The predicted octanol–water partition coefficient (Wildman–Crippen LogP) is 0.0305. The fourth-order valence-corrected chi connectivity index (χ4v) is 1.30. The van der Waals surface area contributed by atoms with Gasteiger partial charge in [-0.25, -0.2) is 8.93 Å². The summed E-state index contributed by atoms with van der Waals surface area (Å²) in [6.45, 7) is 3.84. The molecule has 0 fully saturated rings. The first-order valence-corrected chi connectivity index (χ1v) is 4.81. The SMILES string of the molecule is CCC(CO)NS(=O)CC. The van der Waals surface area contributed by atoms with E-state index >= 15 is 0 Å². The van der Waals surface area contributed by atoms with E-state index in [1.165, 1.54) is 0 Å². The number of aliphatic hydroxyl groups is 1. The maximum absolute atomic E-state index is 10.8. The smallest absolute Gasteiger partial charge is 0.0915 e. The molecule has 2 atom stereocenters. The second-order valence-electron chi connectivity index (χ2n) is 2.04. The lowest BCUT2D eigenvalue weighted by molar-refractivity contribution is 0.255. The first-order chi connectivity index (χ1) is 4.74. The van der Waals surface area contributed by atoms with Gasteiger partial charge in [-0.1, -0.05) is 13.8 Å². The molecular formula is C6H15NO2S. The largest absolute Gasteiger partial charge is 0.395 e. The van der Waals surface area contributed by atoms with Crippen LogP contribution >= 0.6 is 0 Å². The van der Waals surface area contributed by atoms with E-state index in [4.69, 9.17) is 5.11 Å². The standard InChI is InChI=1S/C6H15NO2S/c1-3-6(5-8)7-10(9)4-2/h6-8H,3-5H2,1-2H3. The zero-order valence-electron chi connectivity index (χ0n) is 6.46. The van der Waals surface area contributed by atoms with Crippen molar-refractivity contribution in [2.45, 2.75) is 26.3 Å². The maximum Gasteiger partial charge on any atom is 0.0915 e. The Morgan fingerprint density at radius 3 is 2.50 bits per heavy atom. The Morgan fingerprint density at radius 1 is 1.60 bits per heavy atom. The number of hydrogen-bond acceptors (Lipinski definition) is 2. The van der Waals surface area contributed by atoms with Crippen molar-refractivity contribution < 1.29 is 9.32 Å². The minimum absolute atomic E-state index is 0.0132. The Labute approximate surface area is 64.4 Å². The monoisotopic (exact) mass is 165 g/mol. The number of nitrogens with one attached hydrogen (secondary N) is 1. The molecule has 0 saturated carbocycles. The Hall–Kier alpha value is 0.0700. The van der Waals surface area contributed by atoms with Gasteiger partial charge >= 0.3 is 0 Å². The zero-order valence-corrected chi connectivity index (χ0v) is 7.28. The average Bonchev–Trinajstić information content (AvgIpc) is 1.99. The summed E-state index contributed by atoms with van der Waals surface area (Å²) < 4.78 is 13.6. The molecule has 0 saturated heterocycles. The van der Waals surface area contributed by atoms with E-state index < -0.39 is 11.0 Å². The Kier molecular flexibility index (Phi) is 5.87. The third-order valence-electron chi connectivity index (χ3n) is 1.27. The number of hydrogen-bond donors (Lipinski definition) is 2. The highest BCUT2D eigenvalue weighted by Gasteiger charge is 2.05. The van der Waals surface area contributed by atoms with E-state index in [2.05, 4.69) is 4.72 Å². The van der Waals surface area contributed by atoms with Crippen LogP contribution in [0.3, 0.4) is 0 Å². The fourth-order valence-electron chi connectivity index (χ4n) is 0.519. The number of rotatable bonds is 5. The van der Waals surface area contributed by atoms with Crippen molar-refractivity contribution in [3.8, 4) is 0 Å². The molecule has 0 aliphatic carbocycles. The third kappa shape index (κ3) is 3.98. The van der Waals surface area contributed by atoms with Crippen molar-refractivity contribution in [3.05, 3.63) is 0 Å². The molecule has 2 unspecified atom stereocenters. The summed E-state index contributed by atoms with van der Waals surface area (Å²) in [5.41, 5.74) is 0. The van der Waals surface area contributed by atoms with Crippen LogP contribution in [0.5, 0.6) is 0 Å². The maximum atomic E-state index is 10.8. The van der Waals surface area contributed by atoms with E-state index in [0.717, 1.165) is 6.42 Å². The number of aliphatic hydroxyl groups excluding tert-OH is 1. The lowest BCUT2D eigenvalue weighted by Gasteiger charge is -2.11. The quantitative estimate of drug-likeness (QED) is 0.604. The van der Waals surface area contributed by atoms with Gasteiger partial charge in [0.1, 0.15) is 0 Å². The summed E-state index contributed by atoms with van der Waals surface area (Å²) in [5.74, 6) is 0.594. The second-order valence-corrected chi connectivity index (χ2v) is 3.54. The first-order valence-electron chi connectivity index (χ1n) is 3.50. The van der Waals surface area contributed by atoms with Crippen LogP contribution in [-0.4, -0.2) is 27.7 Å². The summed E-state index contributed by atoms with van der Waals surface area (Å²) >= 11 is 0. The molecule has 0 amide bonds. The van der Waals surface area contributed by atoms with E-state index in [0.29, 0.717) is 5.75 Å². The highest BCUT2D eigenvalue weighted by molar-refractivity contribution is 7.82. The van der Waals surface area contributed by atoms with Crippen molar-refractivity contribution in [2.24, 2.45) is 0 Å². The minimum Gasteiger partial charge on any atom is -0.395 e. The zero-order chi connectivity index (χ0) is 7.98. The Balaban J connectivity index is 3.52. The molecule has 3 nitrogen and oxygen atoms in total. The van der Waals surface area contributed by atoms with Gasteiger partial charge in [-0.3, -0.25) is 0 Å². The summed E-state index contributed by atoms with van der Waals surface area (Å²) in [6, 6.07) is -0.0132. The average molecular weight is 165 g/mol. The van der Waals surface area contributed by atoms with Crippen molar-refractivity contribution >= 4 is 11.0 Å². The second kappa shape index (κ2) is 5.82. The molecule has 0 aromatic heterocycles. The van der Waals surface area contributed by atoms with Crippen LogP contribution < -0.4 is 4.72 Å². The van der Waals surface area contributed by atoms with Gasteiger partial charge in [0, 0.05) is 11.8 Å². The molecule has 0 heterocycles. The van der Waals surface area contributed by atoms with Crippen LogP contribution in [0, 0.1) is 0 Å². The molecule has 0 bridgehead atoms. The van der Waals surface area contributed by atoms with Gasteiger partial charge < -0.3 is 5.11 Å². The van der Waals surface area contributed by atoms with Crippen LogP contribution in [0.2, 0.25) is 0 Å². The Morgan fingerprint density at radius 2 is 2.20 bits per heavy atom. The Bertz CT molecular complexity index is 104. The molecule has 10 heavy (non-hydrogen) atoms. The molecule has 0 rings (SSSR count). The summed E-state index contributed by atoms with van der Waals surface area (Å²) in [5, 5.41) is 8.67. The van der Waals surface area contributed by atoms with Crippen molar-refractivity contribution in [1.82, 2.24) is 4.72 Å². The lowest BCUT2D eigenvalue weighted by Crippen LogP contribution is -2.33. The van der Waals surface area contributed by atoms with E-state index in [1.807, 2.05) is 13.8 Å². The molecule has 62 valence electrons. The molecule has 0 spiro atoms. The molecule has 0 aliphatic heterocycles. The van der Waals surface area contributed by atoms with E-state index in [1.54, 1.807) is 0 Å². The first kappa shape index (κ1) is 10.1. The van der Waals surface area contributed by atoms with Crippen LogP contribution in [0.4, 0.5) is 0 Å². The highest BCUT2D eigenvalue weighted by Crippen LogP contribution is 1.89. The van der Waals surface area contributed by atoms with Gasteiger partial charge in [-0.15, -0.1) is 0 Å². The van der Waals surface area contributed by atoms with Crippen molar-refractivity contribution in [3.63, 3.8) is 0 Å². The van der Waals surface area contributed by atoms with Gasteiger partial charge in [-0.05, 0) is 6.42 Å². The van der Waals surface area contributed by atoms with Crippen LogP contribution in [0.15, 0.2) is 0 Å². The molecule has 2 N–H and O–H groups in total. The predicted molar refractivity (Wildman–Crippen MR) is 43.0 cm³/mol. The van der Waals surface area contributed by atoms with Crippen LogP contribution in [-0.2, 0) is 11.0 Å². The summed E-state index contributed by atoms with van der Waals surface area (Å²) in [4.78, 5) is 0. The van der Waals surface area contributed by atoms with Crippen molar-refractivity contribution in [2.75, 3.05) is 12.4 Å². The van der Waals surface area contributed by atoms with E-state index in [-0.39, 0.29) is 12.6 Å². The fraction of sp³-hybridized carbons (Fsp3) is 1.00. The van der Waals surface area contributed by atoms with Crippen molar-refractivity contribution in [1.29, 1.82) is 0 Å². The molecule has 4 heteroatoms. The van der Waals surface area contributed by atoms with Crippen LogP contribution in [0.1, 0.15) is 20.3 Å². The summed E-state index contributed by atoms with van der Waals surface area (Å²) in [7, 11) is -0.967. The molecule has 0 aromatic carbocycles. The molecular weight excluding hydrogens is 150 g/mol. The van der Waals surface area contributed by atoms with Gasteiger partial charge in [0.25, 0.3) is 0 Å². The van der Waals surface area contributed by atoms with E-state index in [9.17, 15) is 4.21 Å². The van der Waals surface area contributed by atoms with Gasteiger partial charge in [0.2, 0.25) is 0 Å². The lowest BCUT2D eigenvalue weighted by atomic mass is 10.3. The van der Waals surface area contributed by atoms with Gasteiger partial charge in [0.05, 0.1) is 17.6 Å². The third-order valence-corrected chi connectivity index (χ3v) is 2.39. The summed E-state index contributed by atoms with van der Waals surface area (Å²) in [6.07, 6.45) is 0.808. The topological polar surface area (TPSA) is 49.3 Å². The van der Waals surface area contributed by atoms with Gasteiger partial charge in [0.15, 0.2) is 0 Å².